The Bertz CT molecular complexity index is 591. The Balaban J connectivity index is 1.90. The Morgan fingerprint density at radius 1 is 1.22 bits per heavy atom. The average molecular weight is 241 g/mol. The first kappa shape index (κ1) is 10.6. The number of aromatic nitrogens is 2. The molecule has 1 aromatic heterocycles. The van der Waals surface area contributed by atoms with Gasteiger partial charge in [-0.25, -0.2) is 4.98 Å². The van der Waals surface area contributed by atoms with Crippen LogP contribution in [0.1, 0.15) is 55.5 Å². The van der Waals surface area contributed by atoms with Gasteiger partial charge in [0.2, 0.25) is 0 Å². The second-order valence-corrected chi connectivity index (χ2v) is 5.73. The maximum atomic E-state index is 5.72. The third-order valence-electron chi connectivity index (χ3n) is 4.40. The van der Waals surface area contributed by atoms with E-state index in [2.05, 4.69) is 22.8 Å². The van der Waals surface area contributed by atoms with E-state index < -0.39 is 0 Å². The van der Waals surface area contributed by atoms with Gasteiger partial charge < -0.3 is 10.3 Å². The largest absolute Gasteiger partial charge is 0.326 e. The van der Waals surface area contributed by atoms with Crippen molar-refractivity contribution in [3.8, 4) is 0 Å². The Morgan fingerprint density at radius 3 is 2.67 bits per heavy atom. The fraction of sp³-hybridized carbons (Fsp3) is 0.533. The summed E-state index contributed by atoms with van der Waals surface area (Å²) in [4.78, 5) is 4.91. The molecule has 3 nitrogen and oxygen atoms in total. The molecule has 4 rings (SSSR count). The third-order valence-corrected chi connectivity index (χ3v) is 4.40. The molecule has 2 saturated carbocycles. The number of nitrogens with zero attached hydrogens (tertiary/aromatic N) is 2. The van der Waals surface area contributed by atoms with Crippen LogP contribution >= 0.6 is 0 Å². The molecule has 0 aliphatic heterocycles. The molecule has 0 radical (unpaired) electrons. The van der Waals surface area contributed by atoms with Gasteiger partial charge in [-0.2, -0.15) is 0 Å². The van der Waals surface area contributed by atoms with E-state index in [1.54, 1.807) is 0 Å². The van der Waals surface area contributed by atoms with Crippen LogP contribution in [0.5, 0.6) is 0 Å². The summed E-state index contributed by atoms with van der Waals surface area (Å²) in [5.74, 6) is 2.05. The normalized spacial score (nSPS) is 20.3. The first-order chi connectivity index (χ1) is 8.86. The van der Waals surface area contributed by atoms with Crippen molar-refractivity contribution >= 4 is 11.0 Å². The maximum absolute atomic E-state index is 5.72. The SMILES string of the molecule is NCc1ccc2c(c1)nc(C1CCC1)n2C1CC1. The summed E-state index contributed by atoms with van der Waals surface area (Å²) in [6.07, 6.45) is 6.65. The van der Waals surface area contributed by atoms with Crippen molar-refractivity contribution in [3.63, 3.8) is 0 Å². The van der Waals surface area contributed by atoms with Gasteiger partial charge >= 0.3 is 0 Å². The van der Waals surface area contributed by atoms with E-state index in [1.165, 1.54) is 49.0 Å². The van der Waals surface area contributed by atoms with Gasteiger partial charge in [-0.05, 0) is 43.4 Å². The molecular formula is C15H19N3. The minimum Gasteiger partial charge on any atom is -0.326 e. The Labute approximate surface area is 107 Å². The van der Waals surface area contributed by atoms with Crippen LogP contribution < -0.4 is 5.73 Å². The van der Waals surface area contributed by atoms with Crippen molar-refractivity contribution < 1.29 is 0 Å². The standard InChI is InChI=1S/C15H19N3/c16-9-10-4-7-14-13(8-10)17-15(11-2-1-3-11)18(14)12-5-6-12/h4,7-8,11-12H,1-3,5-6,9,16H2. The molecule has 3 heteroatoms. The molecule has 0 bridgehead atoms. The number of rotatable bonds is 3. The fourth-order valence-electron chi connectivity index (χ4n) is 2.96. The molecule has 0 unspecified atom stereocenters. The van der Waals surface area contributed by atoms with Gasteiger partial charge in [0.25, 0.3) is 0 Å². The van der Waals surface area contributed by atoms with E-state index >= 15 is 0 Å². The van der Waals surface area contributed by atoms with Crippen molar-refractivity contribution in [2.75, 3.05) is 0 Å². The number of nitrogens with two attached hydrogens (primary N) is 1. The lowest BCUT2D eigenvalue weighted by Gasteiger charge is -2.25. The lowest BCUT2D eigenvalue weighted by molar-refractivity contribution is 0.389. The highest BCUT2D eigenvalue weighted by atomic mass is 15.1. The molecule has 0 atom stereocenters. The summed E-state index contributed by atoms with van der Waals surface area (Å²) in [7, 11) is 0. The van der Waals surface area contributed by atoms with Gasteiger partial charge in [0.15, 0.2) is 0 Å². The molecule has 94 valence electrons. The van der Waals surface area contributed by atoms with Crippen LogP contribution in [0.15, 0.2) is 18.2 Å². The molecule has 2 aliphatic rings. The van der Waals surface area contributed by atoms with E-state index in [0.29, 0.717) is 18.5 Å². The van der Waals surface area contributed by atoms with Crippen molar-refractivity contribution in [1.82, 2.24) is 9.55 Å². The summed E-state index contributed by atoms with van der Waals surface area (Å²) in [5.41, 5.74) is 9.37. The van der Waals surface area contributed by atoms with Crippen LogP contribution in [0, 0.1) is 0 Å². The first-order valence-electron chi connectivity index (χ1n) is 7.07. The van der Waals surface area contributed by atoms with E-state index in [-0.39, 0.29) is 0 Å². The van der Waals surface area contributed by atoms with Gasteiger partial charge in [-0.15, -0.1) is 0 Å². The summed E-state index contributed by atoms with van der Waals surface area (Å²) >= 11 is 0. The molecule has 2 aliphatic carbocycles. The molecule has 0 saturated heterocycles. The average Bonchev–Trinajstić information content (AvgIpc) is 3.08. The van der Waals surface area contributed by atoms with Gasteiger partial charge in [0.1, 0.15) is 5.82 Å². The maximum Gasteiger partial charge on any atom is 0.113 e. The van der Waals surface area contributed by atoms with Crippen LogP contribution in [-0.2, 0) is 6.54 Å². The van der Waals surface area contributed by atoms with Crippen LogP contribution in [0.2, 0.25) is 0 Å². The minimum absolute atomic E-state index is 0.602. The van der Waals surface area contributed by atoms with Gasteiger partial charge in [0, 0.05) is 18.5 Å². The highest BCUT2D eigenvalue weighted by molar-refractivity contribution is 5.77. The van der Waals surface area contributed by atoms with Gasteiger partial charge in [0.05, 0.1) is 11.0 Å². The van der Waals surface area contributed by atoms with Crippen molar-refractivity contribution in [2.24, 2.45) is 5.73 Å². The van der Waals surface area contributed by atoms with E-state index in [9.17, 15) is 0 Å². The molecule has 1 aromatic carbocycles. The Hall–Kier alpha value is -1.35. The topological polar surface area (TPSA) is 43.8 Å². The third kappa shape index (κ3) is 1.50. The zero-order valence-electron chi connectivity index (χ0n) is 10.6. The lowest BCUT2D eigenvalue weighted by Crippen LogP contribution is -2.14. The lowest BCUT2D eigenvalue weighted by atomic mass is 9.85. The van der Waals surface area contributed by atoms with Crippen LogP contribution in [-0.4, -0.2) is 9.55 Å². The highest BCUT2D eigenvalue weighted by Crippen LogP contribution is 2.44. The molecule has 2 aromatic rings. The Morgan fingerprint density at radius 2 is 2.06 bits per heavy atom. The number of benzene rings is 1. The van der Waals surface area contributed by atoms with E-state index in [1.807, 2.05) is 0 Å². The Kier molecular flexibility index (Phi) is 2.24. The molecule has 2 fully saturated rings. The second kappa shape index (κ2) is 3.82. The fourth-order valence-corrected chi connectivity index (χ4v) is 2.96. The van der Waals surface area contributed by atoms with Crippen molar-refractivity contribution in [3.05, 3.63) is 29.6 Å². The minimum atomic E-state index is 0.602. The zero-order valence-corrected chi connectivity index (χ0v) is 10.6. The molecule has 1 heterocycles. The predicted molar refractivity (Wildman–Crippen MR) is 72.5 cm³/mol. The molecule has 18 heavy (non-hydrogen) atoms. The van der Waals surface area contributed by atoms with Crippen LogP contribution in [0.4, 0.5) is 0 Å². The van der Waals surface area contributed by atoms with E-state index in [4.69, 9.17) is 10.7 Å². The van der Waals surface area contributed by atoms with Gasteiger partial charge in [-0.1, -0.05) is 12.5 Å². The predicted octanol–water partition coefficient (Wildman–Crippen LogP) is 3.10. The molecular weight excluding hydrogens is 222 g/mol. The summed E-state index contributed by atoms with van der Waals surface area (Å²) < 4.78 is 2.51. The zero-order chi connectivity index (χ0) is 12.1. The second-order valence-electron chi connectivity index (χ2n) is 5.73. The molecule has 0 spiro atoms. The molecule has 2 N–H and O–H groups in total. The van der Waals surface area contributed by atoms with Crippen molar-refractivity contribution in [2.45, 2.75) is 50.6 Å². The van der Waals surface area contributed by atoms with Crippen LogP contribution in [0.3, 0.4) is 0 Å². The number of imidazole rings is 1. The first-order valence-corrected chi connectivity index (χ1v) is 7.07. The van der Waals surface area contributed by atoms with Crippen molar-refractivity contribution in [1.29, 1.82) is 0 Å². The summed E-state index contributed by atoms with van der Waals surface area (Å²) in [6.45, 7) is 0.602. The monoisotopic (exact) mass is 241 g/mol. The number of hydrogen-bond donors (Lipinski definition) is 1. The van der Waals surface area contributed by atoms with Crippen LogP contribution in [0.25, 0.3) is 11.0 Å². The molecule has 0 amide bonds. The smallest absolute Gasteiger partial charge is 0.113 e. The number of fused-ring (bicyclic) bond motifs is 1. The summed E-state index contributed by atoms with van der Waals surface area (Å²) in [6, 6.07) is 7.24. The highest BCUT2D eigenvalue weighted by Gasteiger charge is 2.32. The van der Waals surface area contributed by atoms with E-state index in [0.717, 1.165) is 5.52 Å². The van der Waals surface area contributed by atoms with Gasteiger partial charge in [-0.3, -0.25) is 0 Å². The quantitative estimate of drug-likeness (QED) is 0.897. The number of hydrogen-bond acceptors (Lipinski definition) is 2. The summed E-state index contributed by atoms with van der Waals surface area (Å²) in [5, 5.41) is 0.